The fourth-order valence-electron chi connectivity index (χ4n) is 2.01. The van der Waals surface area contributed by atoms with Crippen molar-refractivity contribution in [3.05, 3.63) is 59.0 Å². The summed E-state index contributed by atoms with van der Waals surface area (Å²) in [6, 6.07) is 9.84. The van der Waals surface area contributed by atoms with Gasteiger partial charge < -0.3 is 11.1 Å². The first-order valence-corrected chi connectivity index (χ1v) is 7.20. The summed E-state index contributed by atoms with van der Waals surface area (Å²) in [6.45, 7) is 4.36. The molecule has 0 aliphatic heterocycles. The number of benzene rings is 1. The van der Waals surface area contributed by atoms with Crippen LogP contribution >= 0.6 is 35.6 Å². The number of pyridine rings is 1. The van der Waals surface area contributed by atoms with Crippen molar-refractivity contribution in [2.24, 2.45) is 10.7 Å². The average molecular weight is 449 g/mol. The van der Waals surface area contributed by atoms with E-state index in [1.165, 1.54) is 12.1 Å². The molecule has 23 heavy (non-hydrogen) atoms. The van der Waals surface area contributed by atoms with E-state index < -0.39 is 0 Å². The maximum Gasteiger partial charge on any atom is 0.194 e. The molecule has 0 aliphatic carbocycles. The standard InChI is InChI=1S/C16H18ClFN4.HI/c1-16(2,12-7-6-11(18)9-13(12)17)10-21-15(19)22-14-5-3-4-8-20-14;/h3-9H,10H2,1-2H3,(H3,19,20,21,22);1H. The van der Waals surface area contributed by atoms with Crippen LogP contribution in [0.1, 0.15) is 19.4 Å². The van der Waals surface area contributed by atoms with Gasteiger partial charge in [-0.15, -0.1) is 24.0 Å². The minimum atomic E-state index is -0.374. The molecule has 4 nitrogen and oxygen atoms in total. The van der Waals surface area contributed by atoms with Crippen LogP contribution in [0.4, 0.5) is 10.2 Å². The molecule has 0 bridgehead atoms. The maximum absolute atomic E-state index is 13.1. The topological polar surface area (TPSA) is 63.3 Å². The first-order chi connectivity index (χ1) is 10.4. The van der Waals surface area contributed by atoms with Gasteiger partial charge in [0.2, 0.25) is 0 Å². The summed E-state index contributed by atoms with van der Waals surface area (Å²) in [5.74, 6) is 0.538. The summed E-state index contributed by atoms with van der Waals surface area (Å²) in [7, 11) is 0. The fraction of sp³-hybridized carbons (Fsp3) is 0.250. The number of aliphatic imine (C=N–C) groups is 1. The summed E-state index contributed by atoms with van der Waals surface area (Å²) < 4.78 is 13.1. The van der Waals surface area contributed by atoms with Gasteiger partial charge in [0.05, 0.1) is 6.54 Å². The van der Waals surface area contributed by atoms with Crippen molar-refractivity contribution in [1.82, 2.24) is 4.98 Å². The molecule has 0 saturated carbocycles. The Labute approximate surface area is 157 Å². The van der Waals surface area contributed by atoms with Crippen LogP contribution in [0.15, 0.2) is 47.6 Å². The lowest BCUT2D eigenvalue weighted by atomic mass is 9.84. The van der Waals surface area contributed by atoms with E-state index in [0.717, 1.165) is 5.56 Å². The minimum Gasteiger partial charge on any atom is -0.370 e. The zero-order valence-corrected chi connectivity index (χ0v) is 16.0. The predicted molar refractivity (Wildman–Crippen MR) is 104 cm³/mol. The third-order valence-corrected chi connectivity index (χ3v) is 3.54. The van der Waals surface area contributed by atoms with Crippen LogP contribution in [0.25, 0.3) is 0 Å². The van der Waals surface area contributed by atoms with Gasteiger partial charge >= 0.3 is 0 Å². The zero-order valence-electron chi connectivity index (χ0n) is 12.9. The lowest BCUT2D eigenvalue weighted by Gasteiger charge is -2.24. The van der Waals surface area contributed by atoms with E-state index in [2.05, 4.69) is 15.3 Å². The van der Waals surface area contributed by atoms with Gasteiger partial charge in [0.1, 0.15) is 11.6 Å². The molecule has 1 heterocycles. The van der Waals surface area contributed by atoms with Gasteiger partial charge in [-0.3, -0.25) is 4.99 Å². The van der Waals surface area contributed by atoms with Gasteiger partial charge in [0.15, 0.2) is 5.96 Å². The molecular formula is C16H19ClFIN4. The Balaban J connectivity index is 0.00000264. The van der Waals surface area contributed by atoms with Crippen LogP contribution in [0.5, 0.6) is 0 Å². The van der Waals surface area contributed by atoms with E-state index in [9.17, 15) is 4.39 Å². The molecule has 0 radical (unpaired) electrons. The largest absolute Gasteiger partial charge is 0.370 e. The molecule has 124 valence electrons. The summed E-state index contributed by atoms with van der Waals surface area (Å²) in [6.07, 6.45) is 1.66. The first-order valence-electron chi connectivity index (χ1n) is 6.82. The molecule has 2 rings (SSSR count). The predicted octanol–water partition coefficient (Wildman–Crippen LogP) is 4.20. The highest BCUT2D eigenvalue weighted by Crippen LogP contribution is 2.30. The second kappa shape index (κ2) is 8.44. The van der Waals surface area contributed by atoms with Crippen molar-refractivity contribution in [3.63, 3.8) is 0 Å². The van der Waals surface area contributed by atoms with Gasteiger partial charge in [-0.1, -0.05) is 37.6 Å². The van der Waals surface area contributed by atoms with Crippen LogP contribution in [-0.2, 0) is 5.41 Å². The number of nitrogens with two attached hydrogens (primary N) is 1. The fourth-order valence-corrected chi connectivity index (χ4v) is 2.44. The molecule has 0 saturated heterocycles. The molecule has 0 atom stereocenters. The van der Waals surface area contributed by atoms with E-state index in [1.54, 1.807) is 18.3 Å². The Morgan fingerprint density at radius 2 is 2.09 bits per heavy atom. The van der Waals surface area contributed by atoms with Crippen molar-refractivity contribution in [1.29, 1.82) is 0 Å². The Bertz CT molecular complexity index is 677. The molecule has 1 aromatic carbocycles. The van der Waals surface area contributed by atoms with Crippen LogP contribution in [-0.4, -0.2) is 17.5 Å². The first kappa shape index (κ1) is 19.6. The molecule has 0 spiro atoms. The number of hydrogen-bond acceptors (Lipinski definition) is 2. The molecule has 0 fully saturated rings. The zero-order chi connectivity index (χ0) is 16.2. The normalized spacial score (nSPS) is 11.7. The van der Waals surface area contributed by atoms with E-state index in [0.29, 0.717) is 17.4 Å². The third-order valence-electron chi connectivity index (χ3n) is 3.23. The number of anilines is 1. The van der Waals surface area contributed by atoms with Crippen molar-refractivity contribution in [2.75, 3.05) is 11.9 Å². The lowest BCUT2D eigenvalue weighted by Crippen LogP contribution is -2.28. The number of rotatable bonds is 4. The summed E-state index contributed by atoms with van der Waals surface area (Å²) in [4.78, 5) is 8.43. The molecule has 3 N–H and O–H groups in total. The maximum atomic E-state index is 13.1. The second-order valence-electron chi connectivity index (χ2n) is 5.55. The highest BCUT2D eigenvalue weighted by atomic mass is 127. The number of halogens is 3. The van der Waals surface area contributed by atoms with Gasteiger partial charge in [0, 0.05) is 16.6 Å². The summed E-state index contributed by atoms with van der Waals surface area (Å²) >= 11 is 6.11. The molecule has 1 aromatic heterocycles. The number of hydrogen-bond donors (Lipinski definition) is 2. The molecule has 7 heteroatoms. The van der Waals surface area contributed by atoms with Crippen molar-refractivity contribution in [2.45, 2.75) is 19.3 Å². The van der Waals surface area contributed by atoms with Gasteiger partial charge in [-0.05, 0) is 29.8 Å². The average Bonchev–Trinajstić information content (AvgIpc) is 2.46. The lowest BCUT2D eigenvalue weighted by molar-refractivity contribution is 0.537. The van der Waals surface area contributed by atoms with Crippen LogP contribution < -0.4 is 11.1 Å². The summed E-state index contributed by atoms with van der Waals surface area (Å²) in [5.41, 5.74) is 6.31. The Hall–Kier alpha value is -1.41. The Morgan fingerprint density at radius 3 is 2.70 bits per heavy atom. The SMILES string of the molecule is CC(C)(CN=C(N)Nc1ccccn1)c1ccc(F)cc1Cl.I. The van der Waals surface area contributed by atoms with Crippen LogP contribution in [0.3, 0.4) is 0 Å². The minimum absolute atomic E-state index is 0. The van der Waals surface area contributed by atoms with Crippen molar-refractivity contribution in [3.8, 4) is 0 Å². The van der Waals surface area contributed by atoms with Crippen LogP contribution in [0.2, 0.25) is 5.02 Å². The van der Waals surface area contributed by atoms with Gasteiger partial charge in [0.25, 0.3) is 0 Å². The van der Waals surface area contributed by atoms with Crippen molar-refractivity contribution < 1.29 is 4.39 Å². The smallest absolute Gasteiger partial charge is 0.194 e. The summed E-state index contributed by atoms with van der Waals surface area (Å²) in [5, 5.41) is 3.30. The Kier molecular flexibility index (Phi) is 7.21. The highest BCUT2D eigenvalue weighted by Gasteiger charge is 2.23. The molecule has 0 unspecified atom stereocenters. The van der Waals surface area contributed by atoms with Gasteiger partial charge in [-0.25, -0.2) is 9.37 Å². The quantitative estimate of drug-likeness (QED) is 0.419. The third kappa shape index (κ3) is 5.62. The number of aromatic nitrogens is 1. The number of nitrogens with one attached hydrogen (secondary N) is 1. The van der Waals surface area contributed by atoms with Crippen molar-refractivity contribution >= 4 is 47.4 Å². The second-order valence-corrected chi connectivity index (χ2v) is 5.96. The number of guanidine groups is 1. The van der Waals surface area contributed by atoms with Crippen LogP contribution in [0, 0.1) is 5.82 Å². The molecule has 0 amide bonds. The highest BCUT2D eigenvalue weighted by molar-refractivity contribution is 14.0. The van der Waals surface area contributed by atoms with E-state index in [1.807, 2.05) is 26.0 Å². The molecular weight excluding hydrogens is 430 g/mol. The van der Waals surface area contributed by atoms with E-state index in [4.69, 9.17) is 17.3 Å². The van der Waals surface area contributed by atoms with E-state index in [-0.39, 0.29) is 41.2 Å². The Morgan fingerprint density at radius 1 is 1.35 bits per heavy atom. The van der Waals surface area contributed by atoms with E-state index >= 15 is 0 Å². The van der Waals surface area contributed by atoms with Gasteiger partial charge in [-0.2, -0.15) is 0 Å². The number of nitrogens with zero attached hydrogens (tertiary/aromatic N) is 2. The molecule has 0 aliphatic rings. The molecule has 2 aromatic rings. The monoisotopic (exact) mass is 448 g/mol.